The minimum atomic E-state index is 0.659. The lowest BCUT2D eigenvalue weighted by atomic mass is 10.2. The number of nitrogens with zero attached hydrogens (tertiary/aromatic N) is 1. The topological polar surface area (TPSA) is 29.3 Å². The van der Waals surface area contributed by atoms with Gasteiger partial charge in [0, 0.05) is 6.04 Å². The van der Waals surface area contributed by atoms with Crippen molar-refractivity contribution in [3.05, 3.63) is 0 Å². The van der Waals surface area contributed by atoms with Crippen molar-refractivity contribution in [2.75, 3.05) is 13.1 Å². The lowest BCUT2D eigenvalue weighted by molar-refractivity contribution is 0.262. The van der Waals surface area contributed by atoms with E-state index < -0.39 is 0 Å². The molecule has 13 heavy (non-hydrogen) atoms. The fraction of sp³-hybridized carbons (Fsp3) is 0.900. The monoisotopic (exact) mass is 200 g/mol. The first-order valence-corrected chi connectivity index (χ1v) is 5.67. The van der Waals surface area contributed by atoms with Crippen molar-refractivity contribution in [3.8, 4) is 0 Å². The van der Waals surface area contributed by atoms with Crippen LogP contribution in [0, 0.1) is 0 Å². The van der Waals surface area contributed by atoms with Gasteiger partial charge in [-0.15, -0.1) is 0 Å². The molecular formula is C10H20N2S. The van der Waals surface area contributed by atoms with Crippen molar-refractivity contribution >= 4 is 17.2 Å². The Hall–Kier alpha value is -0.150. The Labute approximate surface area is 86.5 Å². The third-order valence-corrected chi connectivity index (χ3v) is 2.65. The summed E-state index contributed by atoms with van der Waals surface area (Å²) in [6.07, 6.45) is 6.08. The molecule has 0 spiro atoms. The molecule has 0 aromatic heterocycles. The zero-order chi connectivity index (χ0) is 9.68. The predicted octanol–water partition coefficient (Wildman–Crippen LogP) is 1.93. The summed E-state index contributed by atoms with van der Waals surface area (Å²) in [6.45, 7) is 4.65. The van der Waals surface area contributed by atoms with Gasteiger partial charge >= 0.3 is 0 Å². The van der Waals surface area contributed by atoms with Gasteiger partial charge in [-0.1, -0.05) is 19.1 Å². The van der Waals surface area contributed by atoms with Crippen molar-refractivity contribution in [2.24, 2.45) is 5.73 Å². The maximum atomic E-state index is 5.46. The molecule has 0 bridgehead atoms. The highest BCUT2D eigenvalue weighted by Gasteiger charge is 2.27. The molecule has 0 aromatic rings. The molecule has 1 rings (SSSR count). The smallest absolute Gasteiger partial charge is 0.0727 e. The summed E-state index contributed by atoms with van der Waals surface area (Å²) in [4.78, 5) is 3.24. The van der Waals surface area contributed by atoms with E-state index in [1.807, 2.05) is 0 Å². The first kappa shape index (κ1) is 10.9. The second-order valence-electron chi connectivity index (χ2n) is 3.84. The molecule has 2 N–H and O–H groups in total. The van der Waals surface area contributed by atoms with Crippen LogP contribution in [0.2, 0.25) is 0 Å². The molecule has 1 aliphatic carbocycles. The third kappa shape index (κ3) is 4.58. The molecule has 1 aliphatic rings. The number of nitrogens with two attached hydrogens (primary N) is 1. The summed E-state index contributed by atoms with van der Waals surface area (Å²) >= 11 is 4.85. The lowest BCUT2D eigenvalue weighted by Gasteiger charge is -2.20. The average molecular weight is 200 g/mol. The zero-order valence-electron chi connectivity index (χ0n) is 8.46. The van der Waals surface area contributed by atoms with Gasteiger partial charge < -0.3 is 10.6 Å². The van der Waals surface area contributed by atoms with Gasteiger partial charge in [-0.25, -0.2) is 0 Å². The highest BCUT2D eigenvalue weighted by molar-refractivity contribution is 7.80. The van der Waals surface area contributed by atoms with E-state index in [4.69, 9.17) is 18.0 Å². The van der Waals surface area contributed by atoms with Crippen LogP contribution in [0.25, 0.3) is 0 Å². The quantitative estimate of drug-likeness (QED) is 0.637. The number of hydrogen-bond donors (Lipinski definition) is 1. The molecule has 0 aromatic carbocycles. The Morgan fingerprint density at radius 1 is 1.46 bits per heavy atom. The molecule has 2 nitrogen and oxygen atoms in total. The SMILES string of the molecule is CCCN(CCCC(N)=S)C1CC1. The van der Waals surface area contributed by atoms with Crippen molar-refractivity contribution in [1.82, 2.24) is 4.90 Å². The standard InChI is InChI=1S/C10H20N2S/c1-2-7-12(9-5-6-9)8-3-4-10(11)13/h9H,2-8H2,1H3,(H2,11,13). The molecule has 1 saturated carbocycles. The van der Waals surface area contributed by atoms with Crippen LogP contribution >= 0.6 is 12.2 Å². The number of hydrogen-bond acceptors (Lipinski definition) is 2. The van der Waals surface area contributed by atoms with Crippen LogP contribution < -0.4 is 5.73 Å². The summed E-state index contributed by atoms with van der Waals surface area (Å²) < 4.78 is 0. The van der Waals surface area contributed by atoms with Crippen LogP contribution in [0.5, 0.6) is 0 Å². The fourth-order valence-corrected chi connectivity index (χ4v) is 1.80. The maximum Gasteiger partial charge on any atom is 0.0727 e. The Bertz CT molecular complexity index is 166. The minimum absolute atomic E-state index is 0.659. The van der Waals surface area contributed by atoms with Crippen LogP contribution in [0.3, 0.4) is 0 Å². The van der Waals surface area contributed by atoms with Gasteiger partial charge in [0.25, 0.3) is 0 Å². The first-order valence-electron chi connectivity index (χ1n) is 5.26. The first-order chi connectivity index (χ1) is 6.24. The molecule has 76 valence electrons. The van der Waals surface area contributed by atoms with E-state index in [0.717, 1.165) is 18.9 Å². The van der Waals surface area contributed by atoms with E-state index in [1.165, 1.54) is 32.4 Å². The summed E-state index contributed by atoms with van der Waals surface area (Å²) in [7, 11) is 0. The van der Waals surface area contributed by atoms with Crippen molar-refractivity contribution in [3.63, 3.8) is 0 Å². The van der Waals surface area contributed by atoms with E-state index in [-0.39, 0.29) is 0 Å². The van der Waals surface area contributed by atoms with Crippen molar-refractivity contribution < 1.29 is 0 Å². The van der Waals surface area contributed by atoms with Gasteiger partial charge in [0.05, 0.1) is 4.99 Å². The Morgan fingerprint density at radius 2 is 2.15 bits per heavy atom. The van der Waals surface area contributed by atoms with Gasteiger partial charge in [0.2, 0.25) is 0 Å². The average Bonchev–Trinajstić information content (AvgIpc) is 2.84. The number of rotatable bonds is 7. The van der Waals surface area contributed by atoms with Crippen LogP contribution in [0.1, 0.15) is 39.0 Å². The van der Waals surface area contributed by atoms with Gasteiger partial charge in [-0.3, -0.25) is 0 Å². The molecule has 3 heteroatoms. The molecule has 0 unspecified atom stereocenters. The summed E-state index contributed by atoms with van der Waals surface area (Å²) in [5.74, 6) is 0. The summed E-state index contributed by atoms with van der Waals surface area (Å²) in [5, 5.41) is 0. The normalized spacial score (nSPS) is 16.5. The highest BCUT2D eigenvalue weighted by Crippen LogP contribution is 2.26. The molecule has 0 aliphatic heterocycles. The van der Waals surface area contributed by atoms with Gasteiger partial charge in [-0.2, -0.15) is 0 Å². The van der Waals surface area contributed by atoms with E-state index in [2.05, 4.69) is 11.8 Å². The fourth-order valence-electron chi connectivity index (χ4n) is 1.66. The Morgan fingerprint density at radius 3 is 2.62 bits per heavy atom. The Kier molecular flexibility index (Phi) is 4.67. The zero-order valence-corrected chi connectivity index (χ0v) is 9.28. The van der Waals surface area contributed by atoms with Crippen LogP contribution in [-0.2, 0) is 0 Å². The summed E-state index contributed by atoms with van der Waals surface area (Å²) in [5.41, 5.74) is 5.46. The Balaban J connectivity index is 2.10. The lowest BCUT2D eigenvalue weighted by Crippen LogP contribution is -2.28. The van der Waals surface area contributed by atoms with Gasteiger partial charge in [0.1, 0.15) is 0 Å². The van der Waals surface area contributed by atoms with Gasteiger partial charge in [0.15, 0.2) is 0 Å². The van der Waals surface area contributed by atoms with Crippen molar-refractivity contribution in [2.45, 2.75) is 45.1 Å². The van der Waals surface area contributed by atoms with E-state index >= 15 is 0 Å². The van der Waals surface area contributed by atoms with Crippen LogP contribution in [-0.4, -0.2) is 29.0 Å². The predicted molar refractivity (Wildman–Crippen MR) is 60.9 cm³/mol. The van der Waals surface area contributed by atoms with E-state index in [1.54, 1.807) is 0 Å². The molecule has 0 heterocycles. The third-order valence-electron chi connectivity index (χ3n) is 2.44. The van der Waals surface area contributed by atoms with Crippen molar-refractivity contribution in [1.29, 1.82) is 0 Å². The molecule has 0 atom stereocenters. The molecule has 0 radical (unpaired) electrons. The van der Waals surface area contributed by atoms with E-state index in [0.29, 0.717) is 4.99 Å². The largest absolute Gasteiger partial charge is 0.393 e. The molecule has 0 amide bonds. The summed E-state index contributed by atoms with van der Waals surface area (Å²) in [6, 6.07) is 0.881. The van der Waals surface area contributed by atoms with Crippen LogP contribution in [0.15, 0.2) is 0 Å². The second kappa shape index (κ2) is 5.55. The maximum absolute atomic E-state index is 5.46. The highest BCUT2D eigenvalue weighted by atomic mass is 32.1. The minimum Gasteiger partial charge on any atom is -0.393 e. The van der Waals surface area contributed by atoms with E-state index in [9.17, 15) is 0 Å². The number of thiocarbonyl (C=S) groups is 1. The van der Waals surface area contributed by atoms with Crippen LogP contribution in [0.4, 0.5) is 0 Å². The molecule has 1 fully saturated rings. The second-order valence-corrected chi connectivity index (χ2v) is 4.36. The molecular weight excluding hydrogens is 180 g/mol. The van der Waals surface area contributed by atoms with Gasteiger partial charge in [-0.05, 0) is 45.2 Å². The molecule has 0 saturated heterocycles.